The van der Waals surface area contributed by atoms with Crippen LogP contribution in [0, 0.1) is 11.3 Å². The average Bonchev–Trinajstić information content (AvgIpc) is 3.10. The molecule has 0 aliphatic heterocycles. The Morgan fingerprint density at radius 1 is 0.920 bits per heavy atom. The van der Waals surface area contributed by atoms with Crippen LogP contribution in [0.15, 0.2) is 54.6 Å². The van der Waals surface area contributed by atoms with Crippen LogP contribution in [0.25, 0.3) is 28.6 Å². The zero-order chi connectivity index (χ0) is 17.6. The van der Waals surface area contributed by atoms with Crippen LogP contribution in [0.4, 0.5) is 0 Å². The van der Waals surface area contributed by atoms with Crippen molar-refractivity contribution in [2.24, 2.45) is 0 Å². The monoisotopic (exact) mass is 331 g/mol. The summed E-state index contributed by atoms with van der Waals surface area (Å²) in [5, 5.41) is 8.75. The van der Waals surface area contributed by atoms with E-state index in [4.69, 9.17) is 14.7 Å². The van der Waals surface area contributed by atoms with Gasteiger partial charge in [0.15, 0.2) is 0 Å². The van der Waals surface area contributed by atoms with Crippen molar-refractivity contribution < 1.29 is 9.47 Å². The molecule has 1 aromatic heterocycles. The van der Waals surface area contributed by atoms with E-state index >= 15 is 0 Å². The second-order valence-electron chi connectivity index (χ2n) is 5.27. The number of aromatic nitrogens is 2. The van der Waals surface area contributed by atoms with Gasteiger partial charge in [0.2, 0.25) is 0 Å². The van der Waals surface area contributed by atoms with Crippen LogP contribution in [-0.2, 0) is 0 Å². The number of allylic oxidation sites excluding steroid dienone is 1. The van der Waals surface area contributed by atoms with Crippen molar-refractivity contribution in [2.45, 2.75) is 0 Å². The molecular formula is C20H17N3O2. The van der Waals surface area contributed by atoms with Crippen LogP contribution < -0.4 is 9.47 Å². The van der Waals surface area contributed by atoms with E-state index in [1.165, 1.54) is 6.08 Å². The standard InChI is InChI=1S/C20H17N3O2/c1-24-16-9-5-14(6-10-16)19-20(23-18(22-19)4-3-13-21)15-7-11-17(25-2)12-8-15/h3-12H,1-2H3,(H,22,23)/b4-3-. The maximum Gasteiger partial charge on any atom is 0.131 e. The van der Waals surface area contributed by atoms with E-state index in [0.29, 0.717) is 5.82 Å². The summed E-state index contributed by atoms with van der Waals surface area (Å²) in [5.74, 6) is 2.20. The third-order valence-electron chi connectivity index (χ3n) is 3.78. The summed E-state index contributed by atoms with van der Waals surface area (Å²) in [5.41, 5.74) is 3.63. The van der Waals surface area contributed by atoms with Crippen LogP contribution in [0.1, 0.15) is 5.82 Å². The lowest BCUT2D eigenvalue weighted by Crippen LogP contribution is -1.87. The molecule has 0 unspecified atom stereocenters. The van der Waals surface area contributed by atoms with E-state index in [-0.39, 0.29) is 0 Å². The van der Waals surface area contributed by atoms with Gasteiger partial charge in [0.05, 0.1) is 31.7 Å². The van der Waals surface area contributed by atoms with Crippen LogP contribution in [-0.4, -0.2) is 24.2 Å². The molecule has 5 heteroatoms. The number of ether oxygens (including phenoxy) is 2. The van der Waals surface area contributed by atoms with Gasteiger partial charge >= 0.3 is 0 Å². The highest BCUT2D eigenvalue weighted by molar-refractivity contribution is 5.80. The molecule has 0 atom stereocenters. The lowest BCUT2D eigenvalue weighted by Gasteiger charge is -2.06. The lowest BCUT2D eigenvalue weighted by atomic mass is 10.0. The van der Waals surface area contributed by atoms with E-state index in [9.17, 15) is 0 Å². The quantitative estimate of drug-likeness (QED) is 0.708. The third kappa shape index (κ3) is 3.54. The molecule has 2 aromatic carbocycles. The molecule has 3 rings (SSSR count). The first-order valence-electron chi connectivity index (χ1n) is 7.70. The molecule has 0 aliphatic rings. The zero-order valence-electron chi connectivity index (χ0n) is 14.0. The normalized spacial score (nSPS) is 10.6. The fourth-order valence-corrected chi connectivity index (χ4v) is 2.51. The van der Waals surface area contributed by atoms with Crippen molar-refractivity contribution in [1.29, 1.82) is 5.26 Å². The van der Waals surface area contributed by atoms with Gasteiger partial charge in [-0.25, -0.2) is 4.98 Å². The summed E-state index contributed by atoms with van der Waals surface area (Å²) in [6.07, 6.45) is 3.05. The summed E-state index contributed by atoms with van der Waals surface area (Å²) in [6.45, 7) is 0. The van der Waals surface area contributed by atoms with E-state index < -0.39 is 0 Å². The maximum absolute atomic E-state index is 8.75. The molecular weight excluding hydrogens is 314 g/mol. The molecule has 0 amide bonds. The van der Waals surface area contributed by atoms with E-state index in [1.54, 1.807) is 20.3 Å². The topological polar surface area (TPSA) is 70.9 Å². The Hall–Kier alpha value is -3.52. The first-order chi connectivity index (χ1) is 12.2. The molecule has 124 valence electrons. The Balaban J connectivity index is 2.09. The van der Waals surface area contributed by atoms with Gasteiger partial charge < -0.3 is 14.5 Å². The van der Waals surface area contributed by atoms with Gasteiger partial charge in [-0.2, -0.15) is 5.26 Å². The van der Waals surface area contributed by atoms with E-state index in [0.717, 1.165) is 34.0 Å². The molecule has 0 saturated carbocycles. The highest BCUT2D eigenvalue weighted by Gasteiger charge is 2.13. The number of nitrogens with one attached hydrogen (secondary N) is 1. The molecule has 0 radical (unpaired) electrons. The smallest absolute Gasteiger partial charge is 0.131 e. The van der Waals surface area contributed by atoms with Gasteiger partial charge in [0, 0.05) is 17.2 Å². The molecule has 0 fully saturated rings. The predicted molar refractivity (Wildman–Crippen MR) is 97.2 cm³/mol. The summed E-state index contributed by atoms with van der Waals surface area (Å²) in [6, 6.07) is 17.4. The summed E-state index contributed by atoms with van der Waals surface area (Å²) < 4.78 is 10.4. The lowest BCUT2D eigenvalue weighted by molar-refractivity contribution is 0.414. The summed E-state index contributed by atoms with van der Waals surface area (Å²) >= 11 is 0. The maximum atomic E-state index is 8.75. The van der Waals surface area contributed by atoms with Gasteiger partial charge in [0.25, 0.3) is 0 Å². The number of imidazole rings is 1. The number of rotatable bonds is 5. The molecule has 0 spiro atoms. The minimum absolute atomic E-state index is 0.623. The van der Waals surface area contributed by atoms with Crippen molar-refractivity contribution in [3.05, 3.63) is 60.4 Å². The van der Waals surface area contributed by atoms with E-state index in [2.05, 4.69) is 9.97 Å². The molecule has 25 heavy (non-hydrogen) atoms. The fourth-order valence-electron chi connectivity index (χ4n) is 2.51. The molecule has 1 heterocycles. The highest BCUT2D eigenvalue weighted by Crippen LogP contribution is 2.32. The third-order valence-corrected chi connectivity index (χ3v) is 3.78. The number of hydrogen-bond donors (Lipinski definition) is 1. The first kappa shape index (κ1) is 16.3. The highest BCUT2D eigenvalue weighted by atomic mass is 16.5. The van der Waals surface area contributed by atoms with Gasteiger partial charge in [-0.05, 0) is 54.6 Å². The Bertz CT molecular complexity index is 852. The largest absolute Gasteiger partial charge is 0.497 e. The van der Waals surface area contributed by atoms with Crippen molar-refractivity contribution in [3.63, 3.8) is 0 Å². The fraction of sp³-hybridized carbons (Fsp3) is 0.100. The number of hydrogen-bond acceptors (Lipinski definition) is 4. The Morgan fingerprint density at radius 2 is 1.48 bits per heavy atom. The van der Waals surface area contributed by atoms with Crippen LogP contribution in [0.3, 0.4) is 0 Å². The minimum Gasteiger partial charge on any atom is -0.497 e. The predicted octanol–water partition coefficient (Wildman–Crippen LogP) is 4.30. The Kier molecular flexibility index (Phi) is 4.82. The van der Waals surface area contributed by atoms with Crippen molar-refractivity contribution >= 4 is 6.08 Å². The number of methoxy groups -OCH3 is 2. The van der Waals surface area contributed by atoms with Crippen molar-refractivity contribution in [1.82, 2.24) is 9.97 Å². The minimum atomic E-state index is 0.623. The second kappa shape index (κ2) is 7.37. The van der Waals surface area contributed by atoms with Crippen LogP contribution in [0.2, 0.25) is 0 Å². The first-order valence-corrected chi connectivity index (χ1v) is 7.70. The second-order valence-corrected chi connectivity index (χ2v) is 5.27. The Labute approximate surface area is 146 Å². The van der Waals surface area contributed by atoms with Crippen molar-refractivity contribution in [2.75, 3.05) is 14.2 Å². The molecule has 0 aliphatic carbocycles. The molecule has 0 bridgehead atoms. The number of H-pyrrole nitrogens is 1. The number of aromatic amines is 1. The molecule has 1 N–H and O–H groups in total. The zero-order valence-corrected chi connectivity index (χ0v) is 14.0. The summed E-state index contributed by atoms with van der Waals surface area (Å²) in [4.78, 5) is 7.90. The summed E-state index contributed by atoms with van der Waals surface area (Å²) in [7, 11) is 3.27. The van der Waals surface area contributed by atoms with Crippen LogP contribution >= 0.6 is 0 Å². The molecule has 3 aromatic rings. The average molecular weight is 331 g/mol. The van der Waals surface area contributed by atoms with Crippen molar-refractivity contribution in [3.8, 4) is 40.1 Å². The number of nitrogens with zero attached hydrogens (tertiary/aromatic N) is 2. The van der Waals surface area contributed by atoms with Gasteiger partial charge in [0.1, 0.15) is 17.3 Å². The SMILES string of the molecule is COc1ccc(-c2nc(/C=C\C#N)[nH]c2-c2ccc(OC)cc2)cc1. The van der Waals surface area contributed by atoms with E-state index in [1.807, 2.05) is 54.6 Å². The molecule has 0 saturated heterocycles. The van der Waals surface area contributed by atoms with Gasteiger partial charge in [-0.1, -0.05) is 0 Å². The Morgan fingerprint density at radius 3 is 2.00 bits per heavy atom. The number of benzene rings is 2. The number of nitriles is 1. The van der Waals surface area contributed by atoms with Gasteiger partial charge in [-0.3, -0.25) is 0 Å². The van der Waals surface area contributed by atoms with Crippen LogP contribution in [0.5, 0.6) is 11.5 Å². The van der Waals surface area contributed by atoms with Gasteiger partial charge in [-0.15, -0.1) is 0 Å². The molecule has 5 nitrogen and oxygen atoms in total.